The standard InChI is InChI=1S/C35H41N2O7P/c1-24(2)11-8-12-25(3)13-9-14-26(4)19-20-37-30-21-28(38)22-32(44-45(41,42)43-23-27-15-6-5-7-16-27)34(30)36-33-29(35(37)40)17-10-18-31(33)39/h5-7,10-11,13,15-19,21-22,36,38-39H,8-9,12,14,20,23H2,1-4H3,(H,41,42). The van der Waals surface area contributed by atoms with Gasteiger partial charge in [-0.2, -0.15) is 0 Å². The zero-order valence-corrected chi connectivity index (χ0v) is 27.0. The molecule has 1 aliphatic rings. The summed E-state index contributed by atoms with van der Waals surface area (Å²) in [4.78, 5) is 25.9. The zero-order valence-electron chi connectivity index (χ0n) is 26.1. The van der Waals surface area contributed by atoms with Gasteiger partial charge in [0.05, 0.1) is 23.5 Å². The molecule has 238 valence electrons. The number of carbonyl (C=O) groups excluding carboxylic acids is 1. The average molecular weight is 633 g/mol. The number of anilines is 3. The number of phenols is 2. The minimum Gasteiger partial charge on any atom is -0.508 e. The summed E-state index contributed by atoms with van der Waals surface area (Å²) in [6, 6.07) is 15.9. The fourth-order valence-electron chi connectivity index (χ4n) is 4.87. The van der Waals surface area contributed by atoms with E-state index in [2.05, 4.69) is 38.2 Å². The second-order valence-electron chi connectivity index (χ2n) is 11.4. The molecule has 0 saturated heterocycles. The van der Waals surface area contributed by atoms with Crippen molar-refractivity contribution >= 4 is 30.8 Å². The number of phosphoric acid groups is 1. The van der Waals surface area contributed by atoms with Crippen molar-refractivity contribution in [3.05, 3.63) is 107 Å². The van der Waals surface area contributed by atoms with Crippen molar-refractivity contribution in [2.75, 3.05) is 16.8 Å². The van der Waals surface area contributed by atoms with Gasteiger partial charge in [0.15, 0.2) is 5.75 Å². The minimum absolute atomic E-state index is 0.106. The van der Waals surface area contributed by atoms with Gasteiger partial charge in [-0.25, -0.2) is 4.57 Å². The molecule has 0 bridgehead atoms. The Labute approximate surface area is 264 Å². The van der Waals surface area contributed by atoms with E-state index in [1.807, 2.05) is 19.1 Å². The van der Waals surface area contributed by atoms with Gasteiger partial charge in [-0.1, -0.05) is 71.3 Å². The molecule has 3 aromatic carbocycles. The van der Waals surface area contributed by atoms with E-state index in [9.17, 15) is 24.5 Å². The summed E-state index contributed by atoms with van der Waals surface area (Å²) in [6.07, 6.45) is 10.1. The molecule has 1 aliphatic heterocycles. The number of hydrogen-bond acceptors (Lipinski definition) is 7. The first-order chi connectivity index (χ1) is 21.4. The van der Waals surface area contributed by atoms with Crippen LogP contribution in [0, 0.1) is 0 Å². The Morgan fingerprint density at radius 2 is 1.58 bits per heavy atom. The Morgan fingerprint density at radius 3 is 2.29 bits per heavy atom. The third-order valence-electron chi connectivity index (χ3n) is 7.32. The van der Waals surface area contributed by atoms with Gasteiger partial charge in [0.1, 0.15) is 17.2 Å². The smallest absolute Gasteiger partial charge is 0.508 e. The van der Waals surface area contributed by atoms with E-state index in [4.69, 9.17) is 9.05 Å². The number of phenolic OH excluding ortho intramolecular Hbond substituents is 2. The highest BCUT2D eigenvalue weighted by Gasteiger charge is 2.33. The molecule has 4 N–H and O–H groups in total. The molecule has 10 heteroatoms. The van der Waals surface area contributed by atoms with Crippen LogP contribution in [0.4, 0.5) is 17.1 Å². The molecule has 3 aromatic rings. The van der Waals surface area contributed by atoms with Gasteiger partial charge < -0.3 is 25.0 Å². The Morgan fingerprint density at radius 1 is 0.889 bits per heavy atom. The summed E-state index contributed by atoms with van der Waals surface area (Å²) in [5, 5.41) is 24.3. The number of rotatable bonds is 13. The van der Waals surface area contributed by atoms with Crippen LogP contribution in [0.1, 0.15) is 69.3 Å². The number of nitrogens with zero attached hydrogens (tertiary/aromatic N) is 1. The highest BCUT2D eigenvalue weighted by atomic mass is 31.2. The Bertz CT molecular complexity index is 1660. The zero-order chi connectivity index (χ0) is 32.6. The Balaban J connectivity index is 1.61. The van der Waals surface area contributed by atoms with E-state index in [0.29, 0.717) is 5.56 Å². The molecule has 0 aliphatic carbocycles. The van der Waals surface area contributed by atoms with Crippen molar-refractivity contribution in [2.24, 2.45) is 0 Å². The van der Waals surface area contributed by atoms with Crippen LogP contribution in [-0.4, -0.2) is 27.6 Å². The summed E-state index contributed by atoms with van der Waals surface area (Å²) in [6.45, 7) is 8.28. The number of phosphoric ester groups is 1. The highest BCUT2D eigenvalue weighted by molar-refractivity contribution is 7.47. The first kappa shape index (κ1) is 33.6. The quantitative estimate of drug-likeness (QED) is 0.0636. The molecule has 1 atom stereocenters. The lowest BCUT2D eigenvalue weighted by Crippen LogP contribution is -2.30. The molecule has 0 radical (unpaired) electrons. The summed E-state index contributed by atoms with van der Waals surface area (Å²) < 4.78 is 23.7. The minimum atomic E-state index is -4.69. The maximum absolute atomic E-state index is 13.9. The van der Waals surface area contributed by atoms with Crippen LogP contribution < -0.4 is 14.7 Å². The number of aromatic hydroxyl groups is 2. The predicted molar refractivity (Wildman–Crippen MR) is 178 cm³/mol. The number of allylic oxidation sites excluding steroid dienone is 5. The number of para-hydroxylation sites is 1. The number of nitrogens with one attached hydrogen (secondary N) is 1. The van der Waals surface area contributed by atoms with Gasteiger partial charge in [-0.15, -0.1) is 0 Å². The second-order valence-corrected chi connectivity index (χ2v) is 12.7. The lowest BCUT2D eigenvalue weighted by atomic mass is 10.1. The molecule has 0 fully saturated rings. The molecule has 1 amide bonds. The highest BCUT2D eigenvalue weighted by Crippen LogP contribution is 2.52. The topological polar surface area (TPSA) is 129 Å². The van der Waals surface area contributed by atoms with Gasteiger partial charge in [-0.05, 0) is 71.1 Å². The lowest BCUT2D eigenvalue weighted by Gasteiger charge is -2.24. The first-order valence-corrected chi connectivity index (χ1v) is 16.4. The third kappa shape index (κ3) is 9.35. The number of hydrogen-bond donors (Lipinski definition) is 4. The largest absolute Gasteiger partial charge is 0.527 e. The van der Waals surface area contributed by atoms with Crippen LogP contribution in [0.3, 0.4) is 0 Å². The van der Waals surface area contributed by atoms with Crippen LogP contribution >= 0.6 is 7.82 Å². The normalized spacial score (nSPS) is 14.5. The van der Waals surface area contributed by atoms with Crippen molar-refractivity contribution in [3.8, 4) is 17.2 Å². The van der Waals surface area contributed by atoms with Crippen molar-refractivity contribution < 1.29 is 33.5 Å². The lowest BCUT2D eigenvalue weighted by molar-refractivity contribution is 0.0990. The molecule has 1 unspecified atom stereocenters. The first-order valence-electron chi connectivity index (χ1n) is 14.9. The van der Waals surface area contributed by atoms with Gasteiger partial charge in [-0.3, -0.25) is 14.2 Å². The fourth-order valence-corrected chi connectivity index (χ4v) is 5.63. The van der Waals surface area contributed by atoms with Gasteiger partial charge >= 0.3 is 7.82 Å². The number of amides is 1. The molecule has 0 spiro atoms. The molecule has 1 heterocycles. The van der Waals surface area contributed by atoms with Crippen LogP contribution in [0.15, 0.2) is 95.6 Å². The Kier molecular flexibility index (Phi) is 11.3. The average Bonchev–Trinajstić information content (AvgIpc) is 3.10. The SMILES string of the molecule is CC(C)=CCCC(C)=CCCC(C)=CCN1C(=O)c2cccc(O)c2Nc2c(OP(=O)(O)OCc3ccccc3)cc(O)cc21. The number of fused-ring (bicyclic) bond motifs is 2. The van der Waals surface area contributed by atoms with E-state index in [0.717, 1.165) is 37.3 Å². The molecule has 4 rings (SSSR count). The molecule has 0 aromatic heterocycles. The van der Waals surface area contributed by atoms with Gasteiger partial charge in [0.2, 0.25) is 0 Å². The molecular formula is C35H41N2O7P. The van der Waals surface area contributed by atoms with E-state index < -0.39 is 13.7 Å². The Hall–Kier alpha value is -4.30. The summed E-state index contributed by atoms with van der Waals surface area (Å²) in [5.74, 6) is -1.16. The van der Waals surface area contributed by atoms with Crippen LogP contribution in [-0.2, 0) is 15.7 Å². The van der Waals surface area contributed by atoms with E-state index in [-0.39, 0.29) is 53.0 Å². The van der Waals surface area contributed by atoms with Gasteiger partial charge in [0.25, 0.3) is 5.91 Å². The molecule has 45 heavy (non-hydrogen) atoms. The second kappa shape index (κ2) is 15.1. The summed E-state index contributed by atoms with van der Waals surface area (Å²) in [7, 11) is -4.69. The monoisotopic (exact) mass is 632 g/mol. The number of benzene rings is 3. The third-order valence-corrected chi connectivity index (χ3v) is 8.20. The predicted octanol–water partition coefficient (Wildman–Crippen LogP) is 8.92. The van der Waals surface area contributed by atoms with Gasteiger partial charge in [0, 0.05) is 18.7 Å². The van der Waals surface area contributed by atoms with Crippen molar-refractivity contribution in [3.63, 3.8) is 0 Å². The van der Waals surface area contributed by atoms with Crippen LogP contribution in [0.5, 0.6) is 17.2 Å². The maximum atomic E-state index is 13.9. The van der Waals surface area contributed by atoms with E-state index in [1.54, 1.807) is 36.4 Å². The maximum Gasteiger partial charge on any atom is 0.527 e. The van der Waals surface area contributed by atoms with Crippen molar-refractivity contribution in [2.45, 2.75) is 60.0 Å². The van der Waals surface area contributed by atoms with Crippen molar-refractivity contribution in [1.82, 2.24) is 0 Å². The summed E-state index contributed by atoms with van der Waals surface area (Å²) in [5.41, 5.74) is 4.98. The van der Waals surface area contributed by atoms with E-state index in [1.165, 1.54) is 28.2 Å². The van der Waals surface area contributed by atoms with Crippen molar-refractivity contribution in [1.29, 1.82) is 0 Å². The summed E-state index contributed by atoms with van der Waals surface area (Å²) >= 11 is 0. The number of carbonyl (C=O) groups is 1. The molecule has 9 nitrogen and oxygen atoms in total. The molecule has 0 saturated carbocycles. The van der Waals surface area contributed by atoms with Crippen LogP contribution in [0.2, 0.25) is 0 Å². The van der Waals surface area contributed by atoms with E-state index >= 15 is 0 Å². The van der Waals surface area contributed by atoms with Crippen LogP contribution in [0.25, 0.3) is 0 Å². The fraction of sp³-hybridized carbons (Fsp3) is 0.286. The molecular weight excluding hydrogens is 591 g/mol.